The number of aliphatic imine (C=N–C) groups is 1. The summed E-state index contributed by atoms with van der Waals surface area (Å²) in [5.74, 6) is 2.10. The van der Waals surface area contributed by atoms with Crippen LogP contribution in [0.15, 0.2) is 35.3 Å². The smallest absolute Gasteiger partial charge is 0.103 e. The molecule has 3 nitrogen and oxygen atoms in total. The standard InChI is InChI=1S/C20H31N3/c1-2-3-11-18-12-7-13-19(23-15-8-14-21-20(18)23)22-16-17-9-5-4-6-10-17/h4-6,9-10,18-19,22H,2-3,7-8,11-16H2,1H3. The number of benzene rings is 1. The highest BCUT2D eigenvalue weighted by Crippen LogP contribution is 2.28. The van der Waals surface area contributed by atoms with E-state index < -0.39 is 0 Å². The zero-order chi connectivity index (χ0) is 15.9. The zero-order valence-corrected chi connectivity index (χ0v) is 14.5. The van der Waals surface area contributed by atoms with E-state index in [0.29, 0.717) is 12.1 Å². The van der Waals surface area contributed by atoms with Gasteiger partial charge in [-0.1, -0.05) is 50.1 Å². The normalized spacial score (nSPS) is 24.7. The number of hydrogen-bond donors (Lipinski definition) is 1. The van der Waals surface area contributed by atoms with Crippen molar-refractivity contribution in [3.8, 4) is 0 Å². The van der Waals surface area contributed by atoms with Crippen LogP contribution < -0.4 is 5.32 Å². The van der Waals surface area contributed by atoms with Crippen LogP contribution in [0.1, 0.15) is 57.4 Å². The average Bonchev–Trinajstić information content (AvgIpc) is 2.78. The van der Waals surface area contributed by atoms with Gasteiger partial charge in [0.05, 0.1) is 6.17 Å². The van der Waals surface area contributed by atoms with Crippen LogP contribution in [0, 0.1) is 5.92 Å². The molecule has 3 heteroatoms. The molecule has 126 valence electrons. The van der Waals surface area contributed by atoms with Crippen molar-refractivity contribution in [1.29, 1.82) is 0 Å². The summed E-state index contributed by atoms with van der Waals surface area (Å²) in [5.41, 5.74) is 1.37. The molecule has 2 unspecified atom stereocenters. The summed E-state index contributed by atoms with van der Waals surface area (Å²) < 4.78 is 0. The molecule has 0 bridgehead atoms. The van der Waals surface area contributed by atoms with Crippen LogP contribution in [-0.4, -0.2) is 30.0 Å². The highest BCUT2D eigenvalue weighted by Gasteiger charge is 2.31. The highest BCUT2D eigenvalue weighted by molar-refractivity contribution is 5.85. The molecule has 1 aromatic rings. The van der Waals surface area contributed by atoms with Crippen molar-refractivity contribution in [1.82, 2.24) is 10.2 Å². The Morgan fingerprint density at radius 2 is 2.04 bits per heavy atom. The van der Waals surface area contributed by atoms with Crippen LogP contribution in [0.4, 0.5) is 0 Å². The van der Waals surface area contributed by atoms with Crippen molar-refractivity contribution < 1.29 is 0 Å². The van der Waals surface area contributed by atoms with Gasteiger partial charge in [-0.3, -0.25) is 10.3 Å². The SMILES string of the molecule is CCCCC1CCCC(NCc2ccccc2)N2CCCN=C12. The Balaban J connectivity index is 1.66. The maximum Gasteiger partial charge on any atom is 0.103 e. The average molecular weight is 313 g/mol. The number of nitrogens with one attached hydrogen (secondary N) is 1. The van der Waals surface area contributed by atoms with Crippen LogP contribution >= 0.6 is 0 Å². The molecule has 2 aliphatic rings. The monoisotopic (exact) mass is 313 g/mol. The van der Waals surface area contributed by atoms with Crippen molar-refractivity contribution in [2.45, 2.75) is 64.6 Å². The number of fused-ring (bicyclic) bond motifs is 1. The van der Waals surface area contributed by atoms with E-state index >= 15 is 0 Å². The van der Waals surface area contributed by atoms with Crippen LogP contribution in [0.3, 0.4) is 0 Å². The van der Waals surface area contributed by atoms with E-state index in [4.69, 9.17) is 4.99 Å². The van der Waals surface area contributed by atoms with Crippen molar-refractivity contribution in [3.63, 3.8) is 0 Å². The lowest BCUT2D eigenvalue weighted by Gasteiger charge is -2.38. The van der Waals surface area contributed by atoms with E-state index in [2.05, 4.69) is 47.5 Å². The zero-order valence-electron chi connectivity index (χ0n) is 14.5. The third-order valence-corrected chi connectivity index (χ3v) is 5.19. The molecule has 0 saturated carbocycles. The summed E-state index contributed by atoms with van der Waals surface area (Å²) >= 11 is 0. The molecule has 0 spiro atoms. The van der Waals surface area contributed by atoms with Crippen molar-refractivity contribution in [2.75, 3.05) is 13.1 Å². The molecular weight excluding hydrogens is 282 g/mol. The topological polar surface area (TPSA) is 27.6 Å². The fourth-order valence-electron chi connectivity index (χ4n) is 3.93. The van der Waals surface area contributed by atoms with Crippen molar-refractivity contribution >= 4 is 5.84 Å². The summed E-state index contributed by atoms with van der Waals surface area (Å²) in [6.07, 6.45) is 9.48. The number of nitrogens with zero attached hydrogens (tertiary/aromatic N) is 2. The summed E-state index contributed by atoms with van der Waals surface area (Å²) in [6.45, 7) is 5.45. The lowest BCUT2D eigenvalue weighted by Crippen LogP contribution is -2.51. The Morgan fingerprint density at radius 1 is 1.17 bits per heavy atom. The summed E-state index contributed by atoms with van der Waals surface area (Å²) in [7, 11) is 0. The molecule has 2 atom stereocenters. The van der Waals surface area contributed by atoms with Gasteiger partial charge in [0.2, 0.25) is 0 Å². The van der Waals surface area contributed by atoms with Gasteiger partial charge in [0.1, 0.15) is 5.84 Å². The van der Waals surface area contributed by atoms with Crippen molar-refractivity contribution in [3.05, 3.63) is 35.9 Å². The van der Waals surface area contributed by atoms with Gasteiger partial charge in [0.15, 0.2) is 0 Å². The maximum absolute atomic E-state index is 4.95. The minimum Gasteiger partial charge on any atom is -0.345 e. The van der Waals surface area contributed by atoms with Gasteiger partial charge in [-0.2, -0.15) is 0 Å². The van der Waals surface area contributed by atoms with Crippen LogP contribution in [0.5, 0.6) is 0 Å². The third kappa shape index (κ3) is 4.35. The first kappa shape index (κ1) is 16.5. The fourth-order valence-corrected chi connectivity index (χ4v) is 3.93. The fraction of sp³-hybridized carbons (Fsp3) is 0.650. The number of hydrogen-bond acceptors (Lipinski definition) is 3. The van der Waals surface area contributed by atoms with E-state index in [9.17, 15) is 0 Å². The first-order valence-electron chi connectivity index (χ1n) is 9.46. The third-order valence-electron chi connectivity index (χ3n) is 5.19. The van der Waals surface area contributed by atoms with Gasteiger partial charge < -0.3 is 4.90 Å². The Bertz CT molecular complexity index is 497. The van der Waals surface area contributed by atoms with Gasteiger partial charge in [-0.05, 0) is 37.7 Å². The molecule has 0 aromatic heterocycles. The molecule has 1 fully saturated rings. The lowest BCUT2D eigenvalue weighted by atomic mass is 9.95. The molecule has 2 heterocycles. The van der Waals surface area contributed by atoms with Crippen LogP contribution in [-0.2, 0) is 6.54 Å². The number of rotatable bonds is 6. The summed E-state index contributed by atoms with van der Waals surface area (Å²) in [5, 5.41) is 3.80. The predicted octanol–water partition coefficient (Wildman–Crippen LogP) is 4.20. The largest absolute Gasteiger partial charge is 0.345 e. The maximum atomic E-state index is 4.95. The Kier molecular flexibility index (Phi) is 6.09. The molecule has 0 aliphatic carbocycles. The lowest BCUT2D eigenvalue weighted by molar-refractivity contribution is 0.237. The molecule has 0 amide bonds. The number of unbranched alkanes of at least 4 members (excludes halogenated alkanes) is 1. The van der Waals surface area contributed by atoms with Gasteiger partial charge in [0.25, 0.3) is 0 Å². The van der Waals surface area contributed by atoms with Gasteiger partial charge >= 0.3 is 0 Å². The number of amidine groups is 1. The molecule has 3 rings (SSSR count). The molecule has 2 aliphatic heterocycles. The Hall–Kier alpha value is -1.35. The Labute approximate surface area is 141 Å². The molecule has 0 radical (unpaired) electrons. The molecule has 1 saturated heterocycles. The minimum atomic E-state index is 0.459. The molecule has 1 aromatic carbocycles. The van der Waals surface area contributed by atoms with E-state index in [1.807, 2.05) is 0 Å². The summed E-state index contributed by atoms with van der Waals surface area (Å²) in [4.78, 5) is 7.55. The molecule has 1 N–H and O–H groups in total. The minimum absolute atomic E-state index is 0.459. The van der Waals surface area contributed by atoms with E-state index in [1.165, 1.54) is 62.9 Å². The van der Waals surface area contributed by atoms with Crippen molar-refractivity contribution in [2.24, 2.45) is 10.9 Å². The van der Waals surface area contributed by atoms with Gasteiger partial charge in [-0.25, -0.2) is 0 Å². The second-order valence-electron chi connectivity index (χ2n) is 6.94. The quantitative estimate of drug-likeness (QED) is 0.852. The highest BCUT2D eigenvalue weighted by atomic mass is 15.3. The molecular formula is C20H31N3. The van der Waals surface area contributed by atoms with E-state index in [1.54, 1.807) is 0 Å². The van der Waals surface area contributed by atoms with Crippen LogP contribution in [0.2, 0.25) is 0 Å². The first-order valence-corrected chi connectivity index (χ1v) is 9.46. The second kappa shape index (κ2) is 8.49. The van der Waals surface area contributed by atoms with Crippen LogP contribution in [0.25, 0.3) is 0 Å². The van der Waals surface area contributed by atoms with E-state index in [0.717, 1.165) is 13.1 Å². The van der Waals surface area contributed by atoms with E-state index in [-0.39, 0.29) is 0 Å². The predicted molar refractivity (Wildman–Crippen MR) is 97.6 cm³/mol. The molecule has 23 heavy (non-hydrogen) atoms. The Morgan fingerprint density at radius 3 is 2.87 bits per heavy atom. The van der Waals surface area contributed by atoms with Gasteiger partial charge in [-0.15, -0.1) is 0 Å². The van der Waals surface area contributed by atoms with Gasteiger partial charge in [0, 0.05) is 25.6 Å². The first-order chi connectivity index (χ1) is 11.4. The second-order valence-corrected chi connectivity index (χ2v) is 6.94. The summed E-state index contributed by atoms with van der Waals surface area (Å²) in [6, 6.07) is 10.7.